The van der Waals surface area contributed by atoms with E-state index in [-0.39, 0.29) is 0 Å². The molecule has 0 atom stereocenters. The van der Waals surface area contributed by atoms with Gasteiger partial charge < -0.3 is 9.09 Å². The van der Waals surface area contributed by atoms with Crippen molar-refractivity contribution in [3.05, 3.63) is 47.7 Å². The summed E-state index contributed by atoms with van der Waals surface area (Å²) in [4.78, 5) is 4.48. The third-order valence-electron chi connectivity index (χ3n) is 3.76. The van der Waals surface area contributed by atoms with Gasteiger partial charge in [-0.05, 0) is 37.5 Å². The fraction of sp³-hybridized carbons (Fsp3) is 0.333. The molecule has 3 aromatic rings. The summed E-state index contributed by atoms with van der Waals surface area (Å²) >= 11 is 0. The Morgan fingerprint density at radius 3 is 3.05 bits per heavy atom. The summed E-state index contributed by atoms with van der Waals surface area (Å²) in [5.74, 6) is 2.12. The smallest absolute Gasteiger partial charge is 0.246 e. The van der Waals surface area contributed by atoms with Gasteiger partial charge >= 0.3 is 0 Å². The Morgan fingerprint density at radius 2 is 2.21 bits per heavy atom. The van der Waals surface area contributed by atoms with E-state index >= 15 is 0 Å². The highest BCUT2D eigenvalue weighted by Gasteiger charge is 2.28. The van der Waals surface area contributed by atoms with Crippen LogP contribution in [0.1, 0.15) is 36.0 Å². The molecule has 4 nitrogen and oxygen atoms in total. The summed E-state index contributed by atoms with van der Waals surface area (Å²) in [7, 11) is 0. The van der Waals surface area contributed by atoms with Gasteiger partial charge in [-0.3, -0.25) is 0 Å². The van der Waals surface area contributed by atoms with Gasteiger partial charge in [0.2, 0.25) is 5.89 Å². The highest BCUT2D eigenvalue weighted by molar-refractivity contribution is 5.83. The van der Waals surface area contributed by atoms with Crippen LogP contribution in [0.4, 0.5) is 0 Å². The number of hydrogen-bond acceptors (Lipinski definition) is 3. The molecule has 19 heavy (non-hydrogen) atoms. The first kappa shape index (κ1) is 10.8. The summed E-state index contributed by atoms with van der Waals surface area (Å²) in [6.45, 7) is 2.78. The number of aryl methyl sites for hydroxylation is 1. The van der Waals surface area contributed by atoms with Crippen LogP contribution in [0.3, 0.4) is 0 Å². The van der Waals surface area contributed by atoms with E-state index in [2.05, 4.69) is 52.1 Å². The average Bonchev–Trinajstić information content (AvgIpc) is 3.02. The Morgan fingerprint density at radius 1 is 1.32 bits per heavy atom. The molecule has 1 aliphatic carbocycles. The molecule has 1 fully saturated rings. The van der Waals surface area contributed by atoms with Crippen LogP contribution >= 0.6 is 0 Å². The molecule has 0 aliphatic heterocycles. The van der Waals surface area contributed by atoms with E-state index in [9.17, 15) is 0 Å². The maximum atomic E-state index is 5.34. The lowest BCUT2D eigenvalue weighted by molar-refractivity contribution is 0.367. The van der Waals surface area contributed by atoms with Gasteiger partial charge in [0.25, 0.3) is 0 Å². The molecule has 0 spiro atoms. The number of nitrogens with zero attached hydrogens (tertiary/aromatic N) is 3. The van der Waals surface area contributed by atoms with Crippen LogP contribution in [-0.2, 0) is 6.54 Å². The molecular weight excluding hydrogens is 238 g/mol. The van der Waals surface area contributed by atoms with E-state index in [1.54, 1.807) is 0 Å². The van der Waals surface area contributed by atoms with Gasteiger partial charge in [0.15, 0.2) is 5.82 Å². The van der Waals surface area contributed by atoms with E-state index in [4.69, 9.17) is 4.52 Å². The first-order valence-corrected chi connectivity index (χ1v) is 6.68. The monoisotopic (exact) mass is 253 g/mol. The van der Waals surface area contributed by atoms with E-state index in [1.165, 1.54) is 29.3 Å². The Bertz CT molecular complexity index is 737. The summed E-state index contributed by atoms with van der Waals surface area (Å²) in [5.41, 5.74) is 2.51. The van der Waals surface area contributed by atoms with Gasteiger partial charge in [-0.1, -0.05) is 17.3 Å². The quantitative estimate of drug-likeness (QED) is 0.719. The molecular formula is C15H15N3O. The van der Waals surface area contributed by atoms with Crippen LogP contribution in [0.25, 0.3) is 10.9 Å². The third-order valence-corrected chi connectivity index (χ3v) is 3.76. The molecule has 0 N–H and O–H groups in total. The largest absolute Gasteiger partial charge is 0.338 e. The lowest BCUT2D eigenvalue weighted by Crippen LogP contribution is -1.98. The van der Waals surface area contributed by atoms with E-state index in [0.717, 1.165) is 5.82 Å². The minimum absolute atomic E-state index is 0.543. The van der Waals surface area contributed by atoms with Crippen molar-refractivity contribution in [2.45, 2.75) is 32.2 Å². The van der Waals surface area contributed by atoms with Crippen molar-refractivity contribution in [3.63, 3.8) is 0 Å². The summed E-state index contributed by atoms with van der Waals surface area (Å²) in [6, 6.07) is 8.48. The van der Waals surface area contributed by atoms with Crippen LogP contribution in [0.15, 0.2) is 35.0 Å². The van der Waals surface area contributed by atoms with Crippen molar-refractivity contribution in [2.75, 3.05) is 0 Å². The van der Waals surface area contributed by atoms with Crippen LogP contribution in [0.2, 0.25) is 0 Å². The number of hydrogen-bond donors (Lipinski definition) is 0. The molecule has 4 rings (SSSR count). The normalized spacial score (nSPS) is 15.2. The van der Waals surface area contributed by atoms with Gasteiger partial charge in [0.05, 0.1) is 0 Å². The summed E-state index contributed by atoms with van der Waals surface area (Å²) in [6.07, 6.45) is 4.48. The highest BCUT2D eigenvalue weighted by atomic mass is 16.5. The lowest BCUT2D eigenvalue weighted by atomic mass is 10.1. The van der Waals surface area contributed by atoms with Gasteiger partial charge in [-0.2, -0.15) is 4.98 Å². The summed E-state index contributed by atoms with van der Waals surface area (Å²) < 4.78 is 7.50. The molecule has 2 aromatic heterocycles. The predicted molar refractivity (Wildman–Crippen MR) is 72.1 cm³/mol. The number of aromatic nitrogens is 3. The minimum Gasteiger partial charge on any atom is -0.338 e. The van der Waals surface area contributed by atoms with Gasteiger partial charge in [-0.25, -0.2) is 0 Å². The van der Waals surface area contributed by atoms with Crippen LogP contribution in [0.5, 0.6) is 0 Å². The minimum atomic E-state index is 0.543. The third kappa shape index (κ3) is 1.84. The zero-order chi connectivity index (χ0) is 12.8. The molecule has 1 aliphatic rings. The Balaban J connectivity index is 1.68. The van der Waals surface area contributed by atoms with Crippen LogP contribution in [-0.4, -0.2) is 14.7 Å². The van der Waals surface area contributed by atoms with Crippen molar-refractivity contribution in [2.24, 2.45) is 0 Å². The highest BCUT2D eigenvalue weighted by Crippen LogP contribution is 2.38. The Hall–Kier alpha value is -2.10. The first-order chi connectivity index (χ1) is 9.31. The average molecular weight is 253 g/mol. The molecule has 0 unspecified atom stereocenters. The molecule has 1 saturated carbocycles. The second kappa shape index (κ2) is 3.95. The van der Waals surface area contributed by atoms with Gasteiger partial charge in [0.1, 0.15) is 6.54 Å². The van der Waals surface area contributed by atoms with Crippen molar-refractivity contribution in [1.82, 2.24) is 14.7 Å². The SMILES string of the molecule is Cc1cccc2c1ccn2Cc1nc(C2CC2)no1. The zero-order valence-corrected chi connectivity index (χ0v) is 10.8. The molecule has 1 aromatic carbocycles. The predicted octanol–water partition coefficient (Wildman–Crippen LogP) is 3.26. The van der Waals surface area contributed by atoms with Crippen LogP contribution < -0.4 is 0 Å². The van der Waals surface area contributed by atoms with Crippen molar-refractivity contribution >= 4 is 10.9 Å². The molecule has 2 heterocycles. The maximum absolute atomic E-state index is 5.34. The molecule has 0 radical (unpaired) electrons. The summed E-state index contributed by atoms with van der Waals surface area (Å²) in [5, 5.41) is 5.34. The molecule has 0 saturated heterocycles. The Labute approximate surface area is 111 Å². The van der Waals surface area contributed by atoms with E-state index in [0.29, 0.717) is 18.4 Å². The lowest BCUT2D eigenvalue weighted by Gasteiger charge is -2.02. The second-order valence-electron chi connectivity index (χ2n) is 5.27. The molecule has 96 valence electrons. The fourth-order valence-corrected chi connectivity index (χ4v) is 2.50. The standard InChI is InChI=1S/C15H15N3O/c1-10-3-2-4-13-12(10)7-8-18(13)9-14-16-15(17-19-14)11-5-6-11/h2-4,7-8,11H,5-6,9H2,1H3. The van der Waals surface area contributed by atoms with E-state index < -0.39 is 0 Å². The number of fused-ring (bicyclic) bond motifs is 1. The fourth-order valence-electron chi connectivity index (χ4n) is 2.50. The van der Waals surface area contributed by atoms with Crippen LogP contribution in [0, 0.1) is 6.92 Å². The van der Waals surface area contributed by atoms with Crippen molar-refractivity contribution < 1.29 is 4.52 Å². The zero-order valence-electron chi connectivity index (χ0n) is 10.8. The Kier molecular flexibility index (Phi) is 2.24. The van der Waals surface area contributed by atoms with Gasteiger partial charge in [0, 0.05) is 23.0 Å². The first-order valence-electron chi connectivity index (χ1n) is 6.68. The number of benzene rings is 1. The molecule has 0 bridgehead atoms. The van der Waals surface area contributed by atoms with Crippen molar-refractivity contribution in [1.29, 1.82) is 0 Å². The molecule has 0 amide bonds. The molecule has 4 heteroatoms. The second-order valence-corrected chi connectivity index (χ2v) is 5.27. The van der Waals surface area contributed by atoms with Crippen molar-refractivity contribution in [3.8, 4) is 0 Å². The van der Waals surface area contributed by atoms with E-state index in [1.807, 2.05) is 0 Å². The maximum Gasteiger partial charge on any atom is 0.246 e. The number of rotatable bonds is 3. The topological polar surface area (TPSA) is 43.9 Å². The van der Waals surface area contributed by atoms with Gasteiger partial charge in [-0.15, -0.1) is 0 Å².